The molecule has 3 heteroatoms. The Morgan fingerprint density at radius 2 is 1.55 bits per heavy atom. The van der Waals surface area contributed by atoms with Crippen molar-refractivity contribution in [2.45, 2.75) is 66.4 Å². The second-order valence-electron chi connectivity index (χ2n) is 6.49. The van der Waals surface area contributed by atoms with Gasteiger partial charge in [-0.3, -0.25) is 4.79 Å². The van der Waals surface area contributed by atoms with Crippen LogP contribution in [0.1, 0.15) is 71.3 Å². The van der Waals surface area contributed by atoms with Crippen LogP contribution in [0.15, 0.2) is 12.1 Å². The van der Waals surface area contributed by atoms with Crippen molar-refractivity contribution in [3.8, 4) is 11.5 Å². The number of carbonyl (C=O) groups excluding carboxylic acids is 1. The molecule has 114 valence electrons. The van der Waals surface area contributed by atoms with Gasteiger partial charge in [0.1, 0.15) is 17.1 Å². The Morgan fingerprint density at radius 1 is 1.05 bits per heavy atom. The van der Waals surface area contributed by atoms with Crippen molar-refractivity contribution in [1.29, 1.82) is 0 Å². The largest absolute Gasteiger partial charge is 0.508 e. The molecule has 1 aromatic carbocycles. The molecule has 0 amide bonds. The number of carbonyl (C=O) groups is 1. The Bertz CT molecular complexity index is 449. The van der Waals surface area contributed by atoms with Crippen LogP contribution in [-0.2, 0) is 5.41 Å². The Hall–Kier alpha value is -1.51. The highest BCUT2D eigenvalue weighted by Gasteiger charge is 2.25. The molecule has 3 nitrogen and oxygen atoms in total. The summed E-state index contributed by atoms with van der Waals surface area (Å²) in [5.74, 6) is 0.645. The fraction of sp³-hybridized carbons (Fsp3) is 0.588. The number of hydrogen-bond acceptors (Lipinski definition) is 3. The van der Waals surface area contributed by atoms with Crippen molar-refractivity contribution < 1.29 is 14.6 Å². The first-order valence-corrected chi connectivity index (χ1v) is 7.06. The van der Waals surface area contributed by atoms with Crippen molar-refractivity contribution in [3.05, 3.63) is 23.3 Å². The van der Waals surface area contributed by atoms with E-state index in [0.717, 1.165) is 11.8 Å². The van der Waals surface area contributed by atoms with Gasteiger partial charge < -0.3 is 9.84 Å². The Balaban J connectivity index is 0.00000172. The highest BCUT2D eigenvalue weighted by atomic mass is 16.5. The molecule has 0 fully saturated rings. The summed E-state index contributed by atoms with van der Waals surface area (Å²) in [5, 5.41) is 9.70. The topological polar surface area (TPSA) is 46.5 Å². The quantitative estimate of drug-likeness (QED) is 0.798. The first kappa shape index (κ1) is 18.5. The number of ether oxygens (including phenoxy) is 1. The molecular weight excluding hydrogens is 252 g/mol. The van der Waals surface area contributed by atoms with Crippen LogP contribution in [0.2, 0.25) is 0 Å². The highest BCUT2D eigenvalue weighted by Crippen LogP contribution is 2.38. The first-order chi connectivity index (χ1) is 9.04. The molecule has 0 atom stereocenters. The summed E-state index contributed by atoms with van der Waals surface area (Å²) in [6, 6.07) is 3.09. The zero-order valence-corrected chi connectivity index (χ0v) is 14.0. The fourth-order valence-corrected chi connectivity index (χ4v) is 1.70. The SMILES string of the molecule is CC.CC(C)(C)Oc1c(C=O)cc(O)cc1C(C)(C)C. The van der Waals surface area contributed by atoms with E-state index in [9.17, 15) is 9.90 Å². The van der Waals surface area contributed by atoms with Gasteiger partial charge in [0, 0.05) is 5.56 Å². The third-order valence-corrected chi connectivity index (χ3v) is 2.45. The summed E-state index contributed by atoms with van der Waals surface area (Å²) in [5.41, 5.74) is 0.612. The fourth-order valence-electron chi connectivity index (χ4n) is 1.70. The van der Waals surface area contributed by atoms with Crippen LogP contribution in [-0.4, -0.2) is 17.0 Å². The zero-order valence-electron chi connectivity index (χ0n) is 14.0. The number of hydrogen-bond donors (Lipinski definition) is 1. The summed E-state index contributed by atoms with van der Waals surface area (Å²) in [4.78, 5) is 11.2. The molecule has 0 radical (unpaired) electrons. The summed E-state index contributed by atoms with van der Waals surface area (Å²) in [6.45, 7) is 15.9. The lowest BCUT2D eigenvalue weighted by atomic mass is 9.85. The van der Waals surface area contributed by atoms with Crippen molar-refractivity contribution >= 4 is 6.29 Å². The van der Waals surface area contributed by atoms with Crippen molar-refractivity contribution in [2.24, 2.45) is 0 Å². The molecule has 0 bridgehead atoms. The lowest BCUT2D eigenvalue weighted by molar-refractivity contribution is 0.108. The number of rotatable bonds is 2. The normalized spacial score (nSPS) is 11.4. The summed E-state index contributed by atoms with van der Waals surface area (Å²) < 4.78 is 5.89. The van der Waals surface area contributed by atoms with Crippen LogP contribution in [0.3, 0.4) is 0 Å². The van der Waals surface area contributed by atoms with Gasteiger partial charge in [-0.1, -0.05) is 34.6 Å². The van der Waals surface area contributed by atoms with Crippen LogP contribution in [0.25, 0.3) is 0 Å². The number of phenolic OH excluding ortho intramolecular Hbond substituents is 1. The van der Waals surface area contributed by atoms with E-state index in [4.69, 9.17) is 4.74 Å². The maximum absolute atomic E-state index is 11.2. The molecule has 0 unspecified atom stereocenters. The van der Waals surface area contributed by atoms with Gasteiger partial charge in [0.2, 0.25) is 0 Å². The maximum Gasteiger partial charge on any atom is 0.153 e. The van der Waals surface area contributed by atoms with Crippen LogP contribution in [0.5, 0.6) is 11.5 Å². The van der Waals surface area contributed by atoms with Crippen molar-refractivity contribution in [1.82, 2.24) is 0 Å². The van der Waals surface area contributed by atoms with Crippen LogP contribution >= 0.6 is 0 Å². The van der Waals surface area contributed by atoms with Crippen LogP contribution < -0.4 is 4.74 Å². The van der Waals surface area contributed by atoms with Gasteiger partial charge in [0.15, 0.2) is 6.29 Å². The molecule has 0 heterocycles. The van der Waals surface area contributed by atoms with E-state index in [1.165, 1.54) is 6.07 Å². The maximum atomic E-state index is 11.2. The molecule has 1 N–H and O–H groups in total. The molecule has 0 aromatic heterocycles. The summed E-state index contributed by atoms with van der Waals surface area (Å²) in [7, 11) is 0. The predicted octanol–water partition coefficient (Wildman–Crippen LogP) is 4.71. The zero-order chi connectivity index (χ0) is 16.1. The van der Waals surface area contributed by atoms with Gasteiger partial charge in [-0.15, -0.1) is 0 Å². The molecule has 0 aliphatic rings. The van der Waals surface area contributed by atoms with E-state index in [1.54, 1.807) is 6.07 Å². The minimum absolute atomic E-state index is 0.0864. The predicted molar refractivity (Wildman–Crippen MR) is 83.9 cm³/mol. The molecule has 0 aliphatic carbocycles. The van der Waals surface area contributed by atoms with Gasteiger partial charge in [-0.05, 0) is 38.3 Å². The smallest absolute Gasteiger partial charge is 0.153 e. The lowest BCUT2D eigenvalue weighted by Crippen LogP contribution is -2.26. The molecule has 0 aliphatic heterocycles. The minimum atomic E-state index is -0.394. The van der Waals surface area contributed by atoms with E-state index in [1.807, 2.05) is 55.4 Å². The Kier molecular flexibility index (Phi) is 6.27. The van der Waals surface area contributed by atoms with Gasteiger partial charge >= 0.3 is 0 Å². The number of benzene rings is 1. The number of aldehydes is 1. The van der Waals surface area contributed by atoms with Gasteiger partial charge in [-0.25, -0.2) is 0 Å². The average Bonchev–Trinajstić information content (AvgIpc) is 2.30. The third-order valence-electron chi connectivity index (χ3n) is 2.45. The lowest BCUT2D eigenvalue weighted by Gasteiger charge is -2.29. The second-order valence-corrected chi connectivity index (χ2v) is 6.49. The van der Waals surface area contributed by atoms with Crippen molar-refractivity contribution in [3.63, 3.8) is 0 Å². The van der Waals surface area contributed by atoms with Crippen LogP contribution in [0.4, 0.5) is 0 Å². The van der Waals surface area contributed by atoms with Gasteiger partial charge in [-0.2, -0.15) is 0 Å². The van der Waals surface area contributed by atoms with E-state index in [0.29, 0.717) is 11.3 Å². The van der Waals surface area contributed by atoms with E-state index in [2.05, 4.69) is 0 Å². The first-order valence-electron chi connectivity index (χ1n) is 7.06. The second kappa shape index (κ2) is 6.78. The summed E-state index contributed by atoms with van der Waals surface area (Å²) in [6.07, 6.45) is 0.718. The van der Waals surface area contributed by atoms with Crippen molar-refractivity contribution in [2.75, 3.05) is 0 Å². The number of aromatic hydroxyl groups is 1. The van der Waals surface area contributed by atoms with Crippen LogP contribution in [0, 0.1) is 0 Å². The highest BCUT2D eigenvalue weighted by molar-refractivity contribution is 5.81. The average molecular weight is 280 g/mol. The molecular formula is C17H28O3. The molecule has 1 rings (SSSR count). The molecule has 20 heavy (non-hydrogen) atoms. The Morgan fingerprint density at radius 3 is 1.90 bits per heavy atom. The van der Waals surface area contributed by atoms with E-state index >= 15 is 0 Å². The van der Waals surface area contributed by atoms with Gasteiger partial charge in [0.05, 0.1) is 5.56 Å². The van der Waals surface area contributed by atoms with Gasteiger partial charge in [0.25, 0.3) is 0 Å². The third kappa shape index (κ3) is 5.24. The van der Waals surface area contributed by atoms with E-state index in [-0.39, 0.29) is 11.2 Å². The molecule has 1 aromatic rings. The minimum Gasteiger partial charge on any atom is -0.508 e. The monoisotopic (exact) mass is 280 g/mol. The Labute approximate surface area is 123 Å². The number of phenols is 1. The molecule has 0 saturated carbocycles. The standard InChI is InChI=1S/C15H22O3.C2H6/c1-14(2,3)12-8-11(17)7-10(9-16)13(12)18-15(4,5)6;1-2/h7-9,17H,1-6H3;1-2H3. The molecule has 0 saturated heterocycles. The van der Waals surface area contributed by atoms with E-state index < -0.39 is 5.60 Å². The molecule has 0 spiro atoms. The summed E-state index contributed by atoms with van der Waals surface area (Å²) >= 11 is 0.